The average molecular weight is 242 g/mol. The Bertz CT molecular complexity index is 227. The Labute approximate surface area is 105 Å². The van der Waals surface area contributed by atoms with Crippen LogP contribution in [0.5, 0.6) is 0 Å². The first kappa shape index (κ1) is 15.9. The number of unbranched alkanes of at least 4 members (excludes halogenated alkanes) is 1. The Morgan fingerprint density at radius 1 is 1.00 bits per heavy atom. The second-order valence-electron chi connectivity index (χ2n) is 4.83. The van der Waals surface area contributed by atoms with Crippen LogP contribution in [0.4, 0.5) is 0 Å². The average Bonchev–Trinajstić information content (AvgIpc) is 2.23. The van der Waals surface area contributed by atoms with Gasteiger partial charge in [0.1, 0.15) is 0 Å². The predicted octanol–water partition coefficient (Wildman–Crippen LogP) is 1.85. The summed E-state index contributed by atoms with van der Waals surface area (Å²) < 4.78 is 0. The molecule has 0 aromatic heterocycles. The lowest BCUT2D eigenvalue weighted by Gasteiger charge is -2.06. The normalized spacial score (nSPS) is 10.4. The molecule has 0 aromatic rings. The van der Waals surface area contributed by atoms with E-state index in [9.17, 15) is 9.59 Å². The molecule has 0 saturated carbocycles. The summed E-state index contributed by atoms with van der Waals surface area (Å²) in [4.78, 5) is 21.9. The highest BCUT2D eigenvalue weighted by Crippen LogP contribution is 2.05. The van der Waals surface area contributed by atoms with Gasteiger partial charge in [0.25, 0.3) is 0 Å². The molecule has 0 unspecified atom stereocenters. The number of carbonyl (C=O) groups is 2. The number of hydrogen-bond acceptors (Lipinski definition) is 2. The molecule has 0 spiro atoms. The van der Waals surface area contributed by atoms with Gasteiger partial charge < -0.3 is 10.6 Å². The third kappa shape index (κ3) is 12.9. The quantitative estimate of drug-likeness (QED) is 0.606. The van der Waals surface area contributed by atoms with Gasteiger partial charge in [-0.1, -0.05) is 26.7 Å². The third-order valence-electron chi connectivity index (χ3n) is 2.48. The molecular weight excluding hydrogens is 216 g/mol. The van der Waals surface area contributed by atoms with Gasteiger partial charge in [0.15, 0.2) is 0 Å². The fourth-order valence-electron chi connectivity index (χ4n) is 1.51. The second-order valence-corrected chi connectivity index (χ2v) is 4.83. The summed E-state index contributed by atoms with van der Waals surface area (Å²) in [6, 6.07) is 0. The number of hydrogen-bond donors (Lipinski definition) is 2. The van der Waals surface area contributed by atoms with Crippen LogP contribution in [0.2, 0.25) is 0 Å². The summed E-state index contributed by atoms with van der Waals surface area (Å²) in [7, 11) is 0. The minimum absolute atomic E-state index is 0.0425. The van der Waals surface area contributed by atoms with Gasteiger partial charge >= 0.3 is 0 Å². The maximum absolute atomic E-state index is 11.4. The van der Waals surface area contributed by atoms with Crippen LogP contribution in [-0.2, 0) is 9.59 Å². The van der Waals surface area contributed by atoms with Gasteiger partial charge in [0.05, 0.1) is 0 Å². The van der Waals surface area contributed by atoms with Crippen LogP contribution in [0.1, 0.15) is 52.9 Å². The van der Waals surface area contributed by atoms with Gasteiger partial charge in [-0.25, -0.2) is 0 Å². The van der Waals surface area contributed by atoms with Crippen molar-refractivity contribution in [3.8, 4) is 0 Å². The molecule has 0 rings (SSSR count). The van der Waals surface area contributed by atoms with Gasteiger partial charge in [-0.15, -0.1) is 0 Å². The maximum Gasteiger partial charge on any atom is 0.220 e. The van der Waals surface area contributed by atoms with Crippen LogP contribution in [0.25, 0.3) is 0 Å². The predicted molar refractivity (Wildman–Crippen MR) is 69.6 cm³/mol. The SMILES string of the molecule is CC(=O)NCCCC(=O)NCCCCC(C)C. The van der Waals surface area contributed by atoms with Crippen LogP contribution < -0.4 is 10.6 Å². The van der Waals surface area contributed by atoms with E-state index in [1.54, 1.807) is 0 Å². The molecule has 0 aliphatic rings. The van der Waals surface area contributed by atoms with Gasteiger partial charge in [0.2, 0.25) is 11.8 Å². The van der Waals surface area contributed by atoms with E-state index in [1.807, 2.05) is 0 Å². The first-order chi connectivity index (χ1) is 8.02. The van der Waals surface area contributed by atoms with Gasteiger partial charge in [-0.3, -0.25) is 9.59 Å². The Balaban J connectivity index is 3.26. The number of carbonyl (C=O) groups excluding carboxylic acids is 2. The van der Waals surface area contributed by atoms with Crippen molar-refractivity contribution in [3.05, 3.63) is 0 Å². The minimum atomic E-state index is -0.0425. The van der Waals surface area contributed by atoms with Crippen molar-refractivity contribution >= 4 is 11.8 Å². The van der Waals surface area contributed by atoms with Crippen LogP contribution in [0, 0.1) is 5.92 Å². The lowest BCUT2D eigenvalue weighted by Crippen LogP contribution is -2.26. The molecular formula is C13H26N2O2. The van der Waals surface area contributed by atoms with Crippen molar-refractivity contribution in [2.24, 2.45) is 5.92 Å². The molecule has 4 heteroatoms. The second kappa shape index (κ2) is 10.1. The van der Waals surface area contributed by atoms with E-state index in [0.717, 1.165) is 18.9 Å². The van der Waals surface area contributed by atoms with Crippen molar-refractivity contribution < 1.29 is 9.59 Å². The molecule has 100 valence electrons. The van der Waals surface area contributed by atoms with Crippen molar-refractivity contribution in [3.63, 3.8) is 0 Å². The molecule has 0 fully saturated rings. The van der Waals surface area contributed by atoms with Gasteiger partial charge in [-0.2, -0.15) is 0 Å². The molecule has 0 atom stereocenters. The van der Waals surface area contributed by atoms with E-state index in [-0.39, 0.29) is 11.8 Å². The standard InChI is InChI=1S/C13H26N2O2/c1-11(2)7-4-5-9-15-13(17)8-6-10-14-12(3)16/h11H,4-10H2,1-3H3,(H,14,16)(H,15,17). The zero-order valence-corrected chi connectivity index (χ0v) is 11.3. The molecule has 0 radical (unpaired) electrons. The Kier molecular flexibility index (Phi) is 9.49. The van der Waals surface area contributed by atoms with Crippen LogP contribution in [-0.4, -0.2) is 24.9 Å². The summed E-state index contributed by atoms with van der Waals surface area (Å²) >= 11 is 0. The number of nitrogens with one attached hydrogen (secondary N) is 2. The largest absolute Gasteiger partial charge is 0.356 e. The fourth-order valence-corrected chi connectivity index (χ4v) is 1.51. The van der Waals surface area contributed by atoms with E-state index in [1.165, 1.54) is 19.8 Å². The Morgan fingerprint density at radius 3 is 2.24 bits per heavy atom. The van der Waals surface area contributed by atoms with Crippen molar-refractivity contribution in [1.29, 1.82) is 0 Å². The summed E-state index contributed by atoms with van der Waals surface area (Å²) in [5.74, 6) is 0.780. The summed E-state index contributed by atoms with van der Waals surface area (Å²) in [6.45, 7) is 7.25. The molecule has 2 amide bonds. The topological polar surface area (TPSA) is 58.2 Å². The molecule has 0 saturated heterocycles. The van der Waals surface area contributed by atoms with E-state index < -0.39 is 0 Å². The van der Waals surface area contributed by atoms with E-state index in [0.29, 0.717) is 19.4 Å². The lowest BCUT2D eigenvalue weighted by molar-refractivity contribution is -0.122. The third-order valence-corrected chi connectivity index (χ3v) is 2.48. The maximum atomic E-state index is 11.4. The Hall–Kier alpha value is -1.06. The summed E-state index contributed by atoms with van der Waals surface area (Å²) in [6.07, 6.45) is 4.64. The molecule has 0 aliphatic carbocycles. The van der Waals surface area contributed by atoms with E-state index >= 15 is 0 Å². The van der Waals surface area contributed by atoms with Crippen molar-refractivity contribution in [2.45, 2.75) is 52.9 Å². The van der Waals surface area contributed by atoms with Gasteiger partial charge in [-0.05, 0) is 18.8 Å². The summed E-state index contributed by atoms with van der Waals surface area (Å²) in [5.41, 5.74) is 0. The molecule has 4 nitrogen and oxygen atoms in total. The van der Waals surface area contributed by atoms with Crippen molar-refractivity contribution in [2.75, 3.05) is 13.1 Å². The minimum Gasteiger partial charge on any atom is -0.356 e. The zero-order chi connectivity index (χ0) is 13.1. The first-order valence-corrected chi connectivity index (χ1v) is 6.53. The zero-order valence-electron chi connectivity index (χ0n) is 11.3. The molecule has 17 heavy (non-hydrogen) atoms. The van der Waals surface area contributed by atoms with Crippen molar-refractivity contribution in [1.82, 2.24) is 10.6 Å². The highest BCUT2D eigenvalue weighted by molar-refractivity contribution is 5.76. The van der Waals surface area contributed by atoms with Crippen LogP contribution >= 0.6 is 0 Å². The molecule has 0 aliphatic heterocycles. The molecule has 0 heterocycles. The lowest BCUT2D eigenvalue weighted by atomic mass is 10.1. The smallest absolute Gasteiger partial charge is 0.220 e. The first-order valence-electron chi connectivity index (χ1n) is 6.53. The molecule has 2 N–H and O–H groups in total. The molecule has 0 aromatic carbocycles. The van der Waals surface area contributed by atoms with Crippen LogP contribution in [0.15, 0.2) is 0 Å². The van der Waals surface area contributed by atoms with Gasteiger partial charge in [0, 0.05) is 26.4 Å². The monoisotopic (exact) mass is 242 g/mol. The van der Waals surface area contributed by atoms with E-state index in [2.05, 4.69) is 24.5 Å². The Morgan fingerprint density at radius 2 is 1.65 bits per heavy atom. The molecule has 0 bridgehead atoms. The fraction of sp³-hybridized carbons (Fsp3) is 0.846. The van der Waals surface area contributed by atoms with Crippen LogP contribution in [0.3, 0.4) is 0 Å². The van der Waals surface area contributed by atoms with E-state index in [4.69, 9.17) is 0 Å². The highest BCUT2D eigenvalue weighted by Gasteiger charge is 2.01. The highest BCUT2D eigenvalue weighted by atomic mass is 16.2. The summed E-state index contributed by atoms with van der Waals surface area (Å²) in [5, 5.41) is 5.56. The number of rotatable bonds is 9. The number of amides is 2.